The number of rotatable bonds is 10. The highest BCUT2D eigenvalue weighted by atomic mass is 16.1. The third-order valence-corrected chi connectivity index (χ3v) is 3.26. The van der Waals surface area contributed by atoms with E-state index in [1.54, 1.807) is 12.1 Å². The predicted octanol–water partition coefficient (Wildman–Crippen LogP) is 4.51. The first-order valence-corrected chi connectivity index (χ1v) is 7.48. The van der Waals surface area contributed by atoms with Gasteiger partial charge in [0.2, 0.25) is 5.91 Å². The van der Waals surface area contributed by atoms with Crippen molar-refractivity contribution >= 4 is 17.3 Å². The topological polar surface area (TPSA) is 55.1 Å². The van der Waals surface area contributed by atoms with E-state index in [2.05, 4.69) is 11.9 Å². The van der Waals surface area contributed by atoms with E-state index >= 15 is 0 Å². The largest absolute Gasteiger partial charge is 0.399 e. The summed E-state index contributed by atoms with van der Waals surface area (Å²) in [5.74, 6) is 0.0847. The van der Waals surface area contributed by atoms with E-state index in [-0.39, 0.29) is 5.91 Å². The lowest BCUT2D eigenvalue weighted by Gasteiger charge is -2.05. The van der Waals surface area contributed by atoms with Crippen LogP contribution >= 0.6 is 0 Å². The van der Waals surface area contributed by atoms with Crippen LogP contribution < -0.4 is 11.1 Å². The van der Waals surface area contributed by atoms with Crippen molar-refractivity contribution in [1.82, 2.24) is 0 Å². The maximum atomic E-state index is 11.7. The molecular weight excluding hydrogens is 248 g/mol. The van der Waals surface area contributed by atoms with Gasteiger partial charge in [0.15, 0.2) is 0 Å². The van der Waals surface area contributed by atoms with E-state index in [1.807, 2.05) is 18.2 Å². The number of nitrogens with two attached hydrogens (primary N) is 1. The summed E-state index contributed by atoms with van der Waals surface area (Å²) < 4.78 is 0. The second kappa shape index (κ2) is 10.1. The van der Waals surface area contributed by atoms with E-state index in [4.69, 9.17) is 5.73 Å². The third kappa shape index (κ3) is 7.62. The van der Waals surface area contributed by atoms with Crippen molar-refractivity contribution in [3.8, 4) is 0 Å². The van der Waals surface area contributed by atoms with Gasteiger partial charge in [0.1, 0.15) is 0 Å². The Kier molecular flexibility index (Phi) is 8.20. The van der Waals surface area contributed by atoms with Crippen LogP contribution in [0.15, 0.2) is 36.9 Å². The van der Waals surface area contributed by atoms with Crippen molar-refractivity contribution in [3.63, 3.8) is 0 Å². The number of nitrogen functional groups attached to an aromatic ring is 1. The first-order chi connectivity index (χ1) is 9.72. The van der Waals surface area contributed by atoms with Crippen molar-refractivity contribution in [2.45, 2.75) is 51.4 Å². The molecule has 3 N–H and O–H groups in total. The average Bonchev–Trinajstić information content (AvgIpc) is 2.44. The smallest absolute Gasteiger partial charge is 0.224 e. The van der Waals surface area contributed by atoms with Gasteiger partial charge in [-0.25, -0.2) is 0 Å². The van der Waals surface area contributed by atoms with Gasteiger partial charge in [0.05, 0.1) is 0 Å². The average molecular weight is 274 g/mol. The second-order valence-corrected chi connectivity index (χ2v) is 5.12. The minimum atomic E-state index is 0.0847. The lowest BCUT2D eigenvalue weighted by atomic mass is 10.1. The Morgan fingerprint density at radius 3 is 2.30 bits per heavy atom. The van der Waals surface area contributed by atoms with Crippen molar-refractivity contribution in [2.75, 3.05) is 11.1 Å². The number of hydrogen-bond acceptors (Lipinski definition) is 2. The number of carbonyl (C=O) groups is 1. The SMILES string of the molecule is C=CCCCCCCCCC(=O)Nc1ccc(N)cc1. The lowest BCUT2D eigenvalue weighted by molar-refractivity contribution is -0.116. The van der Waals surface area contributed by atoms with Gasteiger partial charge in [-0.2, -0.15) is 0 Å². The molecule has 0 unspecified atom stereocenters. The van der Waals surface area contributed by atoms with Gasteiger partial charge in [-0.05, 0) is 43.5 Å². The van der Waals surface area contributed by atoms with Gasteiger partial charge < -0.3 is 11.1 Å². The monoisotopic (exact) mass is 274 g/mol. The first kappa shape index (κ1) is 16.3. The molecule has 0 radical (unpaired) electrons. The summed E-state index contributed by atoms with van der Waals surface area (Å²) in [6, 6.07) is 7.23. The molecule has 0 bridgehead atoms. The fraction of sp³-hybridized carbons (Fsp3) is 0.471. The zero-order chi connectivity index (χ0) is 14.6. The third-order valence-electron chi connectivity index (χ3n) is 3.26. The quantitative estimate of drug-likeness (QED) is 0.374. The highest BCUT2D eigenvalue weighted by molar-refractivity contribution is 5.90. The minimum absolute atomic E-state index is 0.0847. The zero-order valence-corrected chi connectivity index (χ0v) is 12.2. The van der Waals surface area contributed by atoms with Gasteiger partial charge in [-0.3, -0.25) is 4.79 Å². The molecule has 0 saturated carbocycles. The van der Waals surface area contributed by atoms with Crippen molar-refractivity contribution < 1.29 is 4.79 Å². The molecule has 0 aromatic heterocycles. The van der Waals surface area contributed by atoms with E-state index in [1.165, 1.54) is 25.7 Å². The summed E-state index contributed by atoms with van der Waals surface area (Å²) in [5, 5.41) is 2.88. The summed E-state index contributed by atoms with van der Waals surface area (Å²) in [6.07, 6.45) is 10.7. The Bertz CT molecular complexity index is 398. The Labute approximate surface area is 122 Å². The number of allylic oxidation sites excluding steroid dienone is 1. The van der Waals surface area contributed by atoms with Crippen molar-refractivity contribution in [2.24, 2.45) is 0 Å². The number of nitrogens with one attached hydrogen (secondary N) is 1. The molecule has 3 nitrogen and oxygen atoms in total. The van der Waals surface area contributed by atoms with Crippen LogP contribution in [0.2, 0.25) is 0 Å². The molecule has 0 aliphatic rings. The van der Waals surface area contributed by atoms with Gasteiger partial charge in [-0.15, -0.1) is 6.58 Å². The molecule has 3 heteroatoms. The van der Waals surface area contributed by atoms with Crippen LogP contribution in [0.4, 0.5) is 11.4 Å². The van der Waals surface area contributed by atoms with E-state index in [0.29, 0.717) is 12.1 Å². The molecular formula is C17H26N2O. The van der Waals surface area contributed by atoms with Crippen LogP contribution in [0.3, 0.4) is 0 Å². The summed E-state index contributed by atoms with van der Waals surface area (Å²) in [5.41, 5.74) is 7.12. The highest BCUT2D eigenvalue weighted by Gasteiger charge is 2.01. The van der Waals surface area contributed by atoms with Crippen molar-refractivity contribution in [1.29, 1.82) is 0 Å². The molecule has 0 aliphatic heterocycles. The number of anilines is 2. The molecule has 0 atom stereocenters. The standard InChI is InChI=1S/C17H26N2O/c1-2-3-4-5-6-7-8-9-10-17(20)19-16-13-11-15(18)12-14-16/h2,11-14H,1,3-10,18H2,(H,19,20). The molecule has 1 rings (SSSR count). The van der Waals surface area contributed by atoms with Gasteiger partial charge in [-0.1, -0.05) is 31.8 Å². The summed E-state index contributed by atoms with van der Waals surface area (Å²) in [6.45, 7) is 3.72. The Morgan fingerprint density at radius 2 is 1.65 bits per heavy atom. The Morgan fingerprint density at radius 1 is 1.05 bits per heavy atom. The summed E-state index contributed by atoms with van der Waals surface area (Å²) in [7, 11) is 0. The maximum Gasteiger partial charge on any atom is 0.224 e. The summed E-state index contributed by atoms with van der Waals surface area (Å²) >= 11 is 0. The molecule has 0 spiro atoms. The number of benzene rings is 1. The lowest BCUT2D eigenvalue weighted by Crippen LogP contribution is -2.10. The molecule has 1 aromatic carbocycles. The van der Waals surface area contributed by atoms with Crippen LogP contribution in [0, 0.1) is 0 Å². The van der Waals surface area contributed by atoms with E-state index in [0.717, 1.165) is 24.9 Å². The fourth-order valence-corrected chi connectivity index (χ4v) is 2.07. The zero-order valence-electron chi connectivity index (χ0n) is 12.2. The number of carbonyl (C=O) groups excluding carboxylic acids is 1. The molecule has 0 saturated heterocycles. The fourth-order valence-electron chi connectivity index (χ4n) is 2.07. The second-order valence-electron chi connectivity index (χ2n) is 5.12. The normalized spacial score (nSPS) is 10.2. The molecule has 110 valence electrons. The van der Waals surface area contributed by atoms with Crippen LogP contribution in [-0.2, 0) is 4.79 Å². The number of amides is 1. The Balaban J connectivity index is 2.03. The van der Waals surface area contributed by atoms with E-state index in [9.17, 15) is 4.79 Å². The first-order valence-electron chi connectivity index (χ1n) is 7.48. The van der Waals surface area contributed by atoms with Gasteiger partial charge in [0.25, 0.3) is 0 Å². The molecule has 0 heterocycles. The molecule has 0 aliphatic carbocycles. The molecule has 1 aromatic rings. The maximum absolute atomic E-state index is 11.7. The highest BCUT2D eigenvalue weighted by Crippen LogP contribution is 2.12. The van der Waals surface area contributed by atoms with Crippen LogP contribution in [0.1, 0.15) is 51.4 Å². The molecule has 0 fully saturated rings. The van der Waals surface area contributed by atoms with Crippen molar-refractivity contribution in [3.05, 3.63) is 36.9 Å². The van der Waals surface area contributed by atoms with Gasteiger partial charge in [0, 0.05) is 17.8 Å². The van der Waals surface area contributed by atoms with Crippen LogP contribution in [0.25, 0.3) is 0 Å². The van der Waals surface area contributed by atoms with Crippen LogP contribution in [0.5, 0.6) is 0 Å². The molecule has 1 amide bonds. The predicted molar refractivity (Wildman–Crippen MR) is 86.6 cm³/mol. The van der Waals surface area contributed by atoms with Gasteiger partial charge >= 0.3 is 0 Å². The minimum Gasteiger partial charge on any atom is -0.399 e. The number of unbranched alkanes of at least 4 members (excludes halogenated alkanes) is 6. The number of hydrogen-bond donors (Lipinski definition) is 2. The van der Waals surface area contributed by atoms with Crippen LogP contribution in [-0.4, -0.2) is 5.91 Å². The van der Waals surface area contributed by atoms with E-state index < -0.39 is 0 Å². The Hall–Kier alpha value is -1.77. The molecule has 20 heavy (non-hydrogen) atoms. The summed E-state index contributed by atoms with van der Waals surface area (Å²) in [4.78, 5) is 11.7.